The number of aromatic nitrogens is 2. The number of fused-ring (bicyclic) bond motifs is 1. The van der Waals surface area contributed by atoms with Gasteiger partial charge in [0.15, 0.2) is 0 Å². The third kappa shape index (κ3) is 6.02. The Morgan fingerprint density at radius 1 is 1.09 bits per heavy atom. The van der Waals surface area contributed by atoms with E-state index in [0.717, 1.165) is 55.9 Å². The Kier molecular flexibility index (Phi) is 7.19. The summed E-state index contributed by atoms with van der Waals surface area (Å²) in [5.41, 5.74) is 2.62. The van der Waals surface area contributed by atoms with Crippen LogP contribution in [0, 0.1) is 5.92 Å². The maximum atomic E-state index is 12.9. The second kappa shape index (κ2) is 9.99. The van der Waals surface area contributed by atoms with Crippen molar-refractivity contribution >= 4 is 38.3 Å². The Morgan fingerprint density at radius 3 is 2.37 bits per heavy atom. The van der Waals surface area contributed by atoms with Crippen molar-refractivity contribution in [2.24, 2.45) is 5.92 Å². The summed E-state index contributed by atoms with van der Waals surface area (Å²) in [5, 5.41) is 2.63. The number of ether oxygens (including phenoxy) is 1. The smallest absolute Gasteiger partial charge is 0.261 e. The molecule has 0 radical (unpaired) electrons. The number of nitrogens with one attached hydrogen (secondary N) is 2. The van der Waals surface area contributed by atoms with Gasteiger partial charge < -0.3 is 14.6 Å². The van der Waals surface area contributed by atoms with E-state index in [2.05, 4.69) is 35.4 Å². The van der Waals surface area contributed by atoms with Gasteiger partial charge in [0.1, 0.15) is 5.82 Å². The van der Waals surface area contributed by atoms with Gasteiger partial charge in [0.05, 0.1) is 21.6 Å². The zero-order chi connectivity index (χ0) is 25.2. The summed E-state index contributed by atoms with van der Waals surface area (Å²) in [7, 11) is -3.79. The predicted octanol–water partition coefficient (Wildman–Crippen LogP) is 4.91. The van der Waals surface area contributed by atoms with Gasteiger partial charge in [0.25, 0.3) is 10.0 Å². The lowest BCUT2D eigenvalue weighted by molar-refractivity contribution is -0.114. The summed E-state index contributed by atoms with van der Waals surface area (Å²) < 4.78 is 36.3. The van der Waals surface area contributed by atoms with Gasteiger partial charge >= 0.3 is 0 Å². The summed E-state index contributed by atoms with van der Waals surface area (Å²) in [6.07, 6.45) is 3.26. The first-order valence-corrected chi connectivity index (χ1v) is 13.5. The molecule has 1 aliphatic rings. The van der Waals surface area contributed by atoms with Crippen LogP contribution in [-0.2, 0) is 31.5 Å². The number of hydrogen-bond acceptors (Lipinski definition) is 5. The lowest BCUT2D eigenvalue weighted by Crippen LogP contribution is -2.21. The first-order valence-electron chi connectivity index (χ1n) is 12.0. The maximum absolute atomic E-state index is 12.9. The number of carbonyl (C=O) groups excluding carboxylic acids is 1. The van der Waals surface area contributed by atoms with Crippen LogP contribution in [0.15, 0.2) is 47.4 Å². The molecule has 0 spiro atoms. The lowest BCUT2D eigenvalue weighted by Gasteiger charge is -2.24. The number of aryl methyl sites for hydroxylation is 1. The molecule has 8 nitrogen and oxygen atoms in total. The molecule has 1 saturated heterocycles. The van der Waals surface area contributed by atoms with Crippen molar-refractivity contribution in [1.29, 1.82) is 0 Å². The second-order valence-electron chi connectivity index (χ2n) is 10.2. The van der Waals surface area contributed by atoms with Gasteiger partial charge in [-0.25, -0.2) is 13.4 Å². The third-order valence-corrected chi connectivity index (χ3v) is 7.66. The van der Waals surface area contributed by atoms with Gasteiger partial charge in [-0.1, -0.05) is 20.8 Å². The lowest BCUT2D eigenvalue weighted by atomic mass is 9.94. The fraction of sp³-hybridized carbons (Fsp3) is 0.462. The van der Waals surface area contributed by atoms with Crippen LogP contribution in [0.1, 0.15) is 52.8 Å². The number of nitrogens with zero attached hydrogens (tertiary/aromatic N) is 2. The minimum Gasteiger partial charge on any atom is -0.381 e. The minimum absolute atomic E-state index is 0.115. The van der Waals surface area contributed by atoms with E-state index in [1.54, 1.807) is 24.3 Å². The van der Waals surface area contributed by atoms with Crippen molar-refractivity contribution in [2.75, 3.05) is 23.3 Å². The molecule has 0 saturated carbocycles. The summed E-state index contributed by atoms with van der Waals surface area (Å²) in [6.45, 7) is 10.4. The Balaban J connectivity index is 1.58. The summed E-state index contributed by atoms with van der Waals surface area (Å²) in [4.78, 5) is 16.2. The molecule has 35 heavy (non-hydrogen) atoms. The fourth-order valence-corrected chi connectivity index (χ4v) is 5.52. The molecule has 2 N–H and O–H groups in total. The predicted molar refractivity (Wildman–Crippen MR) is 138 cm³/mol. The van der Waals surface area contributed by atoms with E-state index in [0.29, 0.717) is 17.3 Å². The quantitative estimate of drug-likeness (QED) is 0.482. The number of carbonyl (C=O) groups is 1. The topological polar surface area (TPSA) is 102 Å². The molecule has 2 aromatic carbocycles. The van der Waals surface area contributed by atoms with E-state index in [9.17, 15) is 13.2 Å². The number of sulfonamides is 1. The minimum atomic E-state index is -3.79. The number of amides is 1. The zero-order valence-electron chi connectivity index (χ0n) is 20.8. The van der Waals surface area contributed by atoms with Crippen LogP contribution >= 0.6 is 0 Å². The zero-order valence-corrected chi connectivity index (χ0v) is 21.6. The Hall–Kier alpha value is -2.91. The highest BCUT2D eigenvalue weighted by atomic mass is 32.2. The molecule has 3 aromatic rings. The van der Waals surface area contributed by atoms with Gasteiger partial charge in [-0.05, 0) is 67.6 Å². The summed E-state index contributed by atoms with van der Waals surface area (Å²) in [6, 6.07) is 11.6. The maximum Gasteiger partial charge on any atom is 0.261 e. The highest BCUT2D eigenvalue weighted by Crippen LogP contribution is 2.30. The SMILES string of the molecule is CC(=O)Nc1ccc(S(=O)(=O)Nc2ccc3c(c2)nc(C(C)(C)C)n3CCC2CCOCC2)cc1. The average Bonchev–Trinajstić information content (AvgIpc) is 3.16. The Morgan fingerprint density at radius 2 is 1.74 bits per heavy atom. The molecule has 9 heteroatoms. The molecule has 1 aromatic heterocycles. The standard InChI is InChI=1S/C26H34N4O4S/c1-18(31)27-20-5-8-22(9-6-20)35(32,33)29-21-7-10-24-23(17-21)28-25(26(2,3)4)30(24)14-11-19-12-15-34-16-13-19/h5-10,17,19,29H,11-16H2,1-4H3,(H,27,31). The average molecular weight is 499 g/mol. The van der Waals surface area contributed by atoms with Crippen molar-refractivity contribution in [1.82, 2.24) is 9.55 Å². The molecule has 0 atom stereocenters. The first kappa shape index (κ1) is 25.2. The monoisotopic (exact) mass is 498 g/mol. The van der Waals surface area contributed by atoms with Crippen LogP contribution in [0.4, 0.5) is 11.4 Å². The molecule has 188 valence electrons. The number of rotatable bonds is 7. The molecular weight excluding hydrogens is 464 g/mol. The molecule has 1 amide bonds. The van der Waals surface area contributed by atoms with Crippen molar-refractivity contribution < 1.29 is 17.9 Å². The second-order valence-corrected chi connectivity index (χ2v) is 11.9. The number of hydrogen-bond donors (Lipinski definition) is 2. The molecule has 0 bridgehead atoms. The van der Waals surface area contributed by atoms with Gasteiger partial charge in [0.2, 0.25) is 5.91 Å². The molecule has 0 aliphatic carbocycles. The Labute approximate surface area is 207 Å². The first-order chi connectivity index (χ1) is 16.5. The molecule has 0 unspecified atom stereocenters. The summed E-state index contributed by atoms with van der Waals surface area (Å²) >= 11 is 0. The van der Waals surface area contributed by atoms with Crippen LogP contribution < -0.4 is 10.0 Å². The normalized spacial score (nSPS) is 15.3. The third-order valence-electron chi connectivity index (χ3n) is 6.26. The number of benzene rings is 2. The highest BCUT2D eigenvalue weighted by molar-refractivity contribution is 7.92. The van der Waals surface area contributed by atoms with Crippen LogP contribution in [0.5, 0.6) is 0 Å². The van der Waals surface area contributed by atoms with E-state index in [-0.39, 0.29) is 16.2 Å². The number of imidazole rings is 1. The molecule has 1 aliphatic heterocycles. The van der Waals surface area contributed by atoms with Crippen molar-refractivity contribution in [3.05, 3.63) is 48.3 Å². The van der Waals surface area contributed by atoms with Crippen molar-refractivity contribution in [3.63, 3.8) is 0 Å². The van der Waals surface area contributed by atoms with Crippen molar-refractivity contribution in [3.8, 4) is 0 Å². The molecular formula is C26H34N4O4S. The van der Waals surface area contributed by atoms with E-state index < -0.39 is 10.0 Å². The number of anilines is 2. The molecule has 1 fully saturated rings. The highest BCUT2D eigenvalue weighted by Gasteiger charge is 2.24. The van der Waals surface area contributed by atoms with Crippen LogP contribution in [0.3, 0.4) is 0 Å². The van der Waals surface area contributed by atoms with Crippen LogP contribution in [0.2, 0.25) is 0 Å². The van der Waals surface area contributed by atoms with E-state index >= 15 is 0 Å². The van der Waals surface area contributed by atoms with Crippen LogP contribution in [0.25, 0.3) is 11.0 Å². The molecule has 2 heterocycles. The largest absolute Gasteiger partial charge is 0.381 e. The Bertz CT molecular complexity index is 1300. The van der Waals surface area contributed by atoms with Gasteiger partial charge in [0, 0.05) is 37.8 Å². The van der Waals surface area contributed by atoms with Crippen LogP contribution in [-0.4, -0.2) is 37.1 Å². The van der Waals surface area contributed by atoms with E-state index in [1.165, 1.54) is 19.1 Å². The van der Waals surface area contributed by atoms with Gasteiger partial charge in [-0.3, -0.25) is 9.52 Å². The van der Waals surface area contributed by atoms with E-state index in [4.69, 9.17) is 9.72 Å². The van der Waals surface area contributed by atoms with E-state index in [1.807, 2.05) is 6.07 Å². The fourth-order valence-electron chi connectivity index (χ4n) is 4.47. The van der Waals surface area contributed by atoms with Gasteiger partial charge in [-0.15, -0.1) is 0 Å². The van der Waals surface area contributed by atoms with Crippen molar-refractivity contribution in [2.45, 2.75) is 63.8 Å². The molecule has 4 rings (SSSR count). The van der Waals surface area contributed by atoms with Gasteiger partial charge in [-0.2, -0.15) is 0 Å². The summed E-state index contributed by atoms with van der Waals surface area (Å²) in [5.74, 6) is 1.43.